The molecular weight excluding hydrogens is 300 g/mol. The van der Waals surface area contributed by atoms with Crippen LogP contribution >= 0.6 is 15.9 Å². The Morgan fingerprint density at radius 3 is 2.72 bits per heavy atom. The van der Waals surface area contributed by atoms with E-state index in [1.165, 1.54) is 0 Å². The first-order valence-corrected chi connectivity index (χ1v) is 6.24. The fourth-order valence-electron chi connectivity index (χ4n) is 1.53. The number of hydrogen-bond donors (Lipinski definition) is 3. The molecule has 0 aliphatic rings. The van der Waals surface area contributed by atoms with Gasteiger partial charge in [-0.2, -0.15) is 0 Å². The number of carbonyl (C=O) groups is 2. The number of benzene rings is 1. The summed E-state index contributed by atoms with van der Waals surface area (Å²) in [6, 6.07) is 5.09. The van der Waals surface area contributed by atoms with Gasteiger partial charge in [0.2, 0.25) is 0 Å². The van der Waals surface area contributed by atoms with Crippen LogP contribution in [-0.4, -0.2) is 23.5 Å². The third-order valence-electron chi connectivity index (χ3n) is 2.41. The van der Waals surface area contributed by atoms with E-state index in [1.54, 1.807) is 18.2 Å². The average Bonchev–Trinajstić information content (AvgIpc) is 2.25. The molecule has 0 aromatic heterocycles. The van der Waals surface area contributed by atoms with Crippen molar-refractivity contribution in [2.24, 2.45) is 11.7 Å². The molecule has 0 aliphatic carbocycles. The number of hydrogen-bond acceptors (Lipinski definition) is 3. The van der Waals surface area contributed by atoms with Crippen LogP contribution in [0.15, 0.2) is 22.7 Å². The maximum atomic E-state index is 11.2. The fraction of sp³-hybridized carbons (Fsp3) is 0.333. The molecule has 0 spiro atoms. The molecule has 6 heteroatoms. The number of primary amides is 1. The summed E-state index contributed by atoms with van der Waals surface area (Å²) in [6.07, 6.45) is 0.0763. The highest BCUT2D eigenvalue weighted by atomic mass is 79.9. The lowest BCUT2D eigenvalue weighted by molar-refractivity contribution is -0.137. The summed E-state index contributed by atoms with van der Waals surface area (Å²) < 4.78 is 0.820. The van der Waals surface area contributed by atoms with E-state index < -0.39 is 11.9 Å². The quantitative estimate of drug-likeness (QED) is 0.749. The van der Waals surface area contributed by atoms with Crippen molar-refractivity contribution >= 4 is 33.5 Å². The van der Waals surface area contributed by atoms with Gasteiger partial charge in [-0.05, 0) is 24.1 Å². The molecule has 0 heterocycles. The molecule has 0 saturated carbocycles. The van der Waals surface area contributed by atoms with Gasteiger partial charge in [-0.25, -0.2) is 0 Å². The number of carbonyl (C=O) groups excluding carboxylic acids is 1. The van der Waals surface area contributed by atoms with Gasteiger partial charge in [0.05, 0.1) is 5.56 Å². The maximum Gasteiger partial charge on any atom is 0.303 e. The molecule has 0 saturated heterocycles. The van der Waals surface area contributed by atoms with Crippen molar-refractivity contribution in [3.05, 3.63) is 28.2 Å². The zero-order valence-corrected chi connectivity index (χ0v) is 11.5. The summed E-state index contributed by atoms with van der Waals surface area (Å²) in [5.74, 6) is -1.40. The summed E-state index contributed by atoms with van der Waals surface area (Å²) in [5, 5.41) is 11.7. The number of nitrogens with two attached hydrogens (primary N) is 1. The maximum absolute atomic E-state index is 11.2. The predicted octanol–water partition coefficient (Wildman–Crippen LogP) is 2.07. The second-order valence-electron chi connectivity index (χ2n) is 4.14. The number of carboxylic acids is 1. The van der Waals surface area contributed by atoms with Gasteiger partial charge in [-0.3, -0.25) is 9.59 Å². The van der Waals surface area contributed by atoms with Gasteiger partial charge in [0, 0.05) is 23.1 Å². The Kier molecular flexibility index (Phi) is 5.15. The number of rotatable bonds is 6. The molecule has 18 heavy (non-hydrogen) atoms. The molecule has 1 aromatic carbocycles. The van der Waals surface area contributed by atoms with Crippen molar-refractivity contribution in [3.8, 4) is 0 Å². The number of nitrogens with one attached hydrogen (secondary N) is 1. The first-order valence-electron chi connectivity index (χ1n) is 5.45. The number of carboxylic acid groups (broad SMARTS) is 1. The van der Waals surface area contributed by atoms with Crippen LogP contribution in [-0.2, 0) is 4.79 Å². The summed E-state index contributed by atoms with van der Waals surface area (Å²) >= 11 is 3.31. The minimum Gasteiger partial charge on any atom is -0.481 e. The predicted molar refractivity (Wildman–Crippen MR) is 72.6 cm³/mol. The lowest BCUT2D eigenvalue weighted by Crippen LogP contribution is -2.18. The number of halogens is 1. The van der Waals surface area contributed by atoms with E-state index in [4.69, 9.17) is 10.8 Å². The third-order valence-corrected chi connectivity index (χ3v) is 2.90. The Labute approximate surface area is 113 Å². The van der Waals surface area contributed by atoms with Crippen molar-refractivity contribution in [3.63, 3.8) is 0 Å². The first-order chi connectivity index (χ1) is 8.40. The third kappa shape index (κ3) is 4.37. The summed E-state index contributed by atoms with van der Waals surface area (Å²) in [4.78, 5) is 21.8. The molecule has 0 aliphatic heterocycles. The molecule has 0 bridgehead atoms. The molecule has 0 radical (unpaired) electrons. The van der Waals surface area contributed by atoms with Gasteiger partial charge < -0.3 is 16.2 Å². The molecular formula is C12H15BrN2O3. The zero-order valence-electron chi connectivity index (χ0n) is 9.94. The van der Waals surface area contributed by atoms with E-state index in [2.05, 4.69) is 21.2 Å². The Morgan fingerprint density at radius 1 is 1.50 bits per heavy atom. The van der Waals surface area contributed by atoms with Crippen molar-refractivity contribution in [2.45, 2.75) is 13.3 Å². The summed E-state index contributed by atoms with van der Waals surface area (Å²) in [7, 11) is 0. The fourth-order valence-corrected chi connectivity index (χ4v) is 1.89. The molecule has 0 fully saturated rings. The van der Waals surface area contributed by atoms with E-state index >= 15 is 0 Å². The van der Waals surface area contributed by atoms with Crippen LogP contribution < -0.4 is 11.1 Å². The number of anilines is 1. The van der Waals surface area contributed by atoms with Gasteiger partial charge in [0.1, 0.15) is 0 Å². The van der Waals surface area contributed by atoms with E-state index in [9.17, 15) is 9.59 Å². The molecule has 1 amide bonds. The van der Waals surface area contributed by atoms with Crippen molar-refractivity contribution in [1.82, 2.24) is 0 Å². The number of amides is 1. The summed E-state index contributed by atoms with van der Waals surface area (Å²) in [6.45, 7) is 2.28. The first kappa shape index (κ1) is 14.5. The van der Waals surface area contributed by atoms with Crippen LogP contribution in [0.4, 0.5) is 5.69 Å². The van der Waals surface area contributed by atoms with Crippen LogP contribution in [0.1, 0.15) is 23.7 Å². The standard InChI is InChI=1S/C12H15BrN2O3/c1-7(4-11(16)17)6-15-10-5-8(13)2-3-9(10)12(14)18/h2-3,5,7,15H,4,6H2,1H3,(H2,14,18)(H,16,17). The van der Waals surface area contributed by atoms with Gasteiger partial charge in [0.25, 0.3) is 5.91 Å². The van der Waals surface area contributed by atoms with Crippen molar-refractivity contribution < 1.29 is 14.7 Å². The monoisotopic (exact) mass is 314 g/mol. The highest BCUT2D eigenvalue weighted by molar-refractivity contribution is 9.10. The molecule has 4 N–H and O–H groups in total. The largest absolute Gasteiger partial charge is 0.481 e. The van der Waals surface area contributed by atoms with E-state index in [0.29, 0.717) is 17.8 Å². The molecule has 1 unspecified atom stereocenters. The molecule has 5 nitrogen and oxygen atoms in total. The van der Waals surface area contributed by atoms with Gasteiger partial charge in [0.15, 0.2) is 0 Å². The highest BCUT2D eigenvalue weighted by Crippen LogP contribution is 2.21. The molecule has 1 rings (SSSR count). The average molecular weight is 315 g/mol. The Balaban J connectivity index is 2.74. The van der Waals surface area contributed by atoms with E-state index in [-0.39, 0.29) is 12.3 Å². The second kappa shape index (κ2) is 6.39. The normalized spacial score (nSPS) is 11.9. The topological polar surface area (TPSA) is 92.4 Å². The lowest BCUT2D eigenvalue weighted by Gasteiger charge is -2.14. The Bertz CT molecular complexity index is 463. The van der Waals surface area contributed by atoms with Crippen LogP contribution in [0, 0.1) is 5.92 Å². The van der Waals surface area contributed by atoms with E-state index in [0.717, 1.165) is 4.47 Å². The van der Waals surface area contributed by atoms with Gasteiger partial charge >= 0.3 is 5.97 Å². The van der Waals surface area contributed by atoms with Crippen LogP contribution in [0.3, 0.4) is 0 Å². The smallest absolute Gasteiger partial charge is 0.303 e. The SMILES string of the molecule is CC(CNc1cc(Br)ccc1C(N)=O)CC(=O)O. The van der Waals surface area contributed by atoms with Gasteiger partial charge in [-0.1, -0.05) is 22.9 Å². The van der Waals surface area contributed by atoms with E-state index in [1.807, 2.05) is 6.92 Å². The van der Waals surface area contributed by atoms with Crippen molar-refractivity contribution in [1.29, 1.82) is 0 Å². The molecule has 1 atom stereocenters. The van der Waals surface area contributed by atoms with Gasteiger partial charge in [-0.15, -0.1) is 0 Å². The number of aliphatic carboxylic acids is 1. The van der Waals surface area contributed by atoms with Crippen LogP contribution in [0.5, 0.6) is 0 Å². The molecule has 1 aromatic rings. The second-order valence-corrected chi connectivity index (χ2v) is 5.05. The van der Waals surface area contributed by atoms with Crippen LogP contribution in [0.2, 0.25) is 0 Å². The van der Waals surface area contributed by atoms with Crippen molar-refractivity contribution in [2.75, 3.05) is 11.9 Å². The molecule has 98 valence electrons. The minimum absolute atomic E-state index is 0.0396. The zero-order chi connectivity index (χ0) is 13.7. The van der Waals surface area contributed by atoms with Crippen LogP contribution in [0.25, 0.3) is 0 Å². The Morgan fingerprint density at radius 2 is 2.17 bits per heavy atom. The Hall–Kier alpha value is -1.56. The minimum atomic E-state index is -0.839. The lowest BCUT2D eigenvalue weighted by atomic mass is 10.1. The highest BCUT2D eigenvalue weighted by Gasteiger charge is 2.11. The summed E-state index contributed by atoms with van der Waals surface area (Å²) in [5.41, 5.74) is 6.26.